The molecular weight excluding hydrogens is 276 g/mol. The van der Waals surface area contributed by atoms with E-state index in [1.165, 1.54) is 6.42 Å². The fourth-order valence-electron chi connectivity index (χ4n) is 1.83. The van der Waals surface area contributed by atoms with Gasteiger partial charge >= 0.3 is 0 Å². The molecule has 0 rings (SSSR count). The van der Waals surface area contributed by atoms with Crippen LogP contribution in [-0.2, 0) is 0 Å². The van der Waals surface area contributed by atoms with Gasteiger partial charge in [0, 0.05) is 38.3 Å². The molecule has 0 aromatic rings. The van der Waals surface area contributed by atoms with Gasteiger partial charge in [0.15, 0.2) is 0 Å². The number of hydrogen-bond donors (Lipinski definition) is 4. The van der Waals surface area contributed by atoms with Crippen molar-refractivity contribution in [2.45, 2.75) is 80.3 Å². The fraction of sp³-hybridized carbons (Fsp3) is 1.00. The van der Waals surface area contributed by atoms with Crippen LogP contribution in [0.25, 0.3) is 0 Å². The van der Waals surface area contributed by atoms with Crippen molar-refractivity contribution in [2.75, 3.05) is 26.2 Å². The van der Waals surface area contributed by atoms with Crippen LogP contribution < -0.4 is 21.7 Å². The highest BCUT2D eigenvalue weighted by Gasteiger charge is 2.05. The summed E-state index contributed by atoms with van der Waals surface area (Å²) in [6, 6.07) is 0.977. The highest BCUT2D eigenvalue weighted by Crippen LogP contribution is 1.88. The van der Waals surface area contributed by atoms with Crippen molar-refractivity contribution < 1.29 is 0 Å². The Kier molecular flexibility index (Phi) is 18.7. The van der Waals surface area contributed by atoms with Crippen molar-refractivity contribution >= 4 is 0 Å². The van der Waals surface area contributed by atoms with Gasteiger partial charge in [-0.3, -0.25) is 0 Å². The average Bonchev–Trinajstić information content (AvgIpc) is 2.39. The first-order valence-corrected chi connectivity index (χ1v) is 8.95. The van der Waals surface area contributed by atoms with Gasteiger partial charge in [0.1, 0.15) is 0 Å². The van der Waals surface area contributed by atoms with E-state index in [1.807, 2.05) is 5.12 Å². The van der Waals surface area contributed by atoms with E-state index >= 15 is 0 Å². The first-order valence-electron chi connectivity index (χ1n) is 8.95. The van der Waals surface area contributed by atoms with Crippen molar-refractivity contribution in [3.8, 4) is 0 Å². The number of nitrogens with zero attached hydrogens (tertiary/aromatic N) is 2. The van der Waals surface area contributed by atoms with Gasteiger partial charge in [-0.15, -0.1) is 0 Å². The molecule has 4 N–H and O–H groups in total. The standard InChI is InChI=1S/C9H23N3.C7H19N3/c1-6-7-12(10-8(2)3)11-9(4)5;1-4-7-10(8-5-2)9-6-3/h8-11H,6-7H2,1-5H3;8-9H,4-7H2,1-3H3. The Bertz CT molecular complexity index is 187. The summed E-state index contributed by atoms with van der Waals surface area (Å²) in [6.07, 6.45) is 2.32. The van der Waals surface area contributed by atoms with E-state index in [1.54, 1.807) is 0 Å². The van der Waals surface area contributed by atoms with Gasteiger partial charge in [-0.25, -0.2) is 21.7 Å². The van der Waals surface area contributed by atoms with E-state index in [0.717, 1.165) is 32.6 Å². The van der Waals surface area contributed by atoms with Crippen molar-refractivity contribution in [3.63, 3.8) is 0 Å². The van der Waals surface area contributed by atoms with Crippen molar-refractivity contribution in [1.29, 1.82) is 0 Å². The van der Waals surface area contributed by atoms with Gasteiger partial charge in [-0.05, 0) is 40.5 Å². The summed E-state index contributed by atoms with van der Waals surface area (Å²) < 4.78 is 0. The monoisotopic (exact) mass is 318 g/mol. The van der Waals surface area contributed by atoms with E-state index in [0.29, 0.717) is 12.1 Å². The van der Waals surface area contributed by atoms with Crippen LogP contribution in [-0.4, -0.2) is 48.5 Å². The predicted octanol–water partition coefficient (Wildman–Crippen LogP) is 2.27. The molecule has 0 unspecified atom stereocenters. The van der Waals surface area contributed by atoms with Crippen molar-refractivity contribution in [2.24, 2.45) is 0 Å². The van der Waals surface area contributed by atoms with Crippen LogP contribution in [0.1, 0.15) is 68.2 Å². The molecular formula is C16H42N6. The van der Waals surface area contributed by atoms with Crippen LogP contribution in [0.15, 0.2) is 0 Å². The summed E-state index contributed by atoms with van der Waals surface area (Å²) in [5, 5.41) is 4.12. The van der Waals surface area contributed by atoms with Crippen molar-refractivity contribution in [1.82, 2.24) is 31.9 Å². The topological polar surface area (TPSA) is 54.6 Å². The lowest BCUT2D eigenvalue weighted by Crippen LogP contribution is -2.53. The van der Waals surface area contributed by atoms with E-state index in [9.17, 15) is 0 Å². The smallest absolute Gasteiger partial charge is 0.0285 e. The van der Waals surface area contributed by atoms with E-state index < -0.39 is 0 Å². The Labute approximate surface area is 139 Å². The number of hydrogen-bond acceptors (Lipinski definition) is 6. The summed E-state index contributed by atoms with van der Waals surface area (Å²) in [6.45, 7) is 21.2. The molecule has 0 aliphatic carbocycles. The van der Waals surface area contributed by atoms with Gasteiger partial charge in [0.25, 0.3) is 0 Å². The van der Waals surface area contributed by atoms with Crippen LogP contribution in [0.2, 0.25) is 0 Å². The van der Waals surface area contributed by atoms with Crippen LogP contribution in [0, 0.1) is 0 Å². The molecule has 0 saturated heterocycles. The maximum Gasteiger partial charge on any atom is 0.0285 e. The molecule has 0 radical (unpaired) electrons. The zero-order valence-electron chi connectivity index (χ0n) is 16.3. The molecule has 0 atom stereocenters. The molecule has 0 heterocycles. The minimum Gasteiger partial charge on any atom is -0.242 e. The molecule has 0 amide bonds. The third kappa shape index (κ3) is 17.8. The highest BCUT2D eigenvalue weighted by molar-refractivity contribution is 4.53. The predicted molar refractivity (Wildman–Crippen MR) is 97.9 cm³/mol. The second kappa shape index (κ2) is 17.1. The quantitative estimate of drug-likeness (QED) is 0.414. The first kappa shape index (κ1) is 24.0. The third-order valence-electron chi connectivity index (χ3n) is 2.42. The number of rotatable bonds is 12. The van der Waals surface area contributed by atoms with Gasteiger partial charge in [-0.1, -0.05) is 27.7 Å². The summed E-state index contributed by atoms with van der Waals surface area (Å²) in [5.41, 5.74) is 13.1. The van der Waals surface area contributed by atoms with Crippen LogP contribution in [0.5, 0.6) is 0 Å². The lowest BCUT2D eigenvalue weighted by atomic mass is 10.4. The third-order valence-corrected chi connectivity index (χ3v) is 2.42. The Morgan fingerprint density at radius 3 is 1.27 bits per heavy atom. The minimum absolute atomic E-state index is 0.489. The zero-order chi connectivity index (χ0) is 17.4. The van der Waals surface area contributed by atoms with Gasteiger partial charge in [0.05, 0.1) is 0 Å². The molecule has 0 saturated carbocycles. The second-order valence-corrected chi connectivity index (χ2v) is 5.89. The number of nitrogens with one attached hydrogen (secondary N) is 4. The SMILES string of the molecule is CCCN(NC(C)C)NC(C)C.CCCN(NCC)NCC. The first-order chi connectivity index (χ1) is 10.4. The second-order valence-electron chi connectivity index (χ2n) is 5.89. The molecule has 0 aromatic heterocycles. The Morgan fingerprint density at radius 2 is 1.00 bits per heavy atom. The molecule has 0 aliphatic rings. The Morgan fingerprint density at radius 1 is 0.636 bits per heavy atom. The van der Waals surface area contributed by atoms with Gasteiger partial charge in [-0.2, -0.15) is 10.2 Å². The molecule has 0 aliphatic heterocycles. The summed E-state index contributed by atoms with van der Waals surface area (Å²) in [4.78, 5) is 0. The fourth-order valence-corrected chi connectivity index (χ4v) is 1.83. The summed E-state index contributed by atoms with van der Waals surface area (Å²) >= 11 is 0. The van der Waals surface area contributed by atoms with Gasteiger partial charge < -0.3 is 0 Å². The molecule has 0 bridgehead atoms. The molecule has 6 heteroatoms. The maximum atomic E-state index is 3.33. The van der Waals surface area contributed by atoms with E-state index in [-0.39, 0.29) is 0 Å². The Hall–Kier alpha value is -0.240. The zero-order valence-corrected chi connectivity index (χ0v) is 16.3. The lowest BCUT2D eigenvalue weighted by Gasteiger charge is -2.27. The largest absolute Gasteiger partial charge is 0.242 e. The molecule has 22 heavy (non-hydrogen) atoms. The number of hydrazine groups is 4. The van der Waals surface area contributed by atoms with Crippen LogP contribution in [0.4, 0.5) is 0 Å². The molecule has 0 aromatic carbocycles. The summed E-state index contributed by atoms with van der Waals surface area (Å²) in [5.74, 6) is 0. The van der Waals surface area contributed by atoms with Crippen LogP contribution >= 0.6 is 0 Å². The van der Waals surface area contributed by atoms with Crippen LogP contribution in [0.3, 0.4) is 0 Å². The minimum atomic E-state index is 0.489. The molecule has 6 nitrogen and oxygen atoms in total. The molecule has 0 fully saturated rings. The summed E-state index contributed by atoms with van der Waals surface area (Å²) in [7, 11) is 0. The van der Waals surface area contributed by atoms with Gasteiger partial charge in [0.2, 0.25) is 0 Å². The maximum absolute atomic E-state index is 3.33. The van der Waals surface area contributed by atoms with E-state index in [4.69, 9.17) is 0 Å². The van der Waals surface area contributed by atoms with E-state index in [2.05, 4.69) is 82.2 Å². The lowest BCUT2D eigenvalue weighted by molar-refractivity contribution is 0.0832. The molecule has 136 valence electrons. The van der Waals surface area contributed by atoms with Crippen molar-refractivity contribution in [3.05, 3.63) is 0 Å². The normalized spacial score (nSPS) is 11.5. The average molecular weight is 319 g/mol. The Balaban J connectivity index is 0. The highest BCUT2D eigenvalue weighted by atomic mass is 15.7. The molecule has 0 spiro atoms.